The molecular formula is C42H23NS3. The molecule has 46 heavy (non-hydrogen) atoms. The molecule has 1 nitrogen and oxygen atoms in total. The van der Waals surface area contributed by atoms with Crippen LogP contribution in [0.25, 0.3) is 99.1 Å². The molecule has 4 heterocycles. The summed E-state index contributed by atoms with van der Waals surface area (Å²) in [5.74, 6) is 0. The Morgan fingerprint density at radius 3 is 1.67 bits per heavy atom. The summed E-state index contributed by atoms with van der Waals surface area (Å²) in [7, 11) is 0. The lowest BCUT2D eigenvalue weighted by Crippen LogP contribution is -1.93. The number of aromatic nitrogens is 1. The number of thiophene rings is 3. The van der Waals surface area contributed by atoms with Crippen molar-refractivity contribution in [2.45, 2.75) is 0 Å². The summed E-state index contributed by atoms with van der Waals surface area (Å²) in [4.78, 5) is 0. The molecule has 0 aliphatic carbocycles. The number of benzene rings is 7. The van der Waals surface area contributed by atoms with Crippen molar-refractivity contribution in [1.29, 1.82) is 0 Å². The molecule has 0 radical (unpaired) electrons. The number of hydrogen-bond donors (Lipinski definition) is 0. The van der Waals surface area contributed by atoms with E-state index >= 15 is 0 Å². The molecule has 0 spiro atoms. The molecule has 11 rings (SSSR count). The van der Waals surface area contributed by atoms with Gasteiger partial charge >= 0.3 is 0 Å². The van der Waals surface area contributed by atoms with Crippen molar-refractivity contribution in [1.82, 2.24) is 4.57 Å². The van der Waals surface area contributed by atoms with Crippen LogP contribution in [0.15, 0.2) is 140 Å². The van der Waals surface area contributed by atoms with E-state index < -0.39 is 0 Å². The third-order valence-corrected chi connectivity index (χ3v) is 13.0. The Morgan fingerprint density at radius 1 is 0.348 bits per heavy atom. The van der Waals surface area contributed by atoms with E-state index in [1.54, 1.807) is 0 Å². The zero-order valence-electron chi connectivity index (χ0n) is 24.5. The molecule has 0 aliphatic rings. The van der Waals surface area contributed by atoms with Gasteiger partial charge in [-0.3, -0.25) is 0 Å². The van der Waals surface area contributed by atoms with Crippen LogP contribution in [0.4, 0.5) is 0 Å². The second-order valence-electron chi connectivity index (χ2n) is 12.1. The Bertz CT molecular complexity index is 3040. The molecule has 0 saturated carbocycles. The van der Waals surface area contributed by atoms with Crippen molar-refractivity contribution in [2.24, 2.45) is 0 Å². The zero-order valence-corrected chi connectivity index (χ0v) is 26.9. The summed E-state index contributed by atoms with van der Waals surface area (Å²) in [5.41, 5.74) is 6.30. The van der Waals surface area contributed by atoms with E-state index in [1.807, 2.05) is 34.0 Å². The first-order chi connectivity index (χ1) is 22.8. The zero-order chi connectivity index (χ0) is 29.9. The predicted octanol–water partition coefficient (Wildman–Crippen LogP) is 13.6. The standard InChI is InChI=1S/C42H23NS3/c1-4-10-34-27(7-1)30-17-20-39-41(31-9-3-6-12-36(31)45-39)42(30)43(34)26-15-16-29-33-22-25(14-19-38(33)46-40(29)23-26)24-13-18-37-32(21-24)28-8-2-5-11-35(28)44-37/h1-23H. The molecule has 7 aromatic carbocycles. The fourth-order valence-corrected chi connectivity index (χ4v) is 10.8. The second-order valence-corrected chi connectivity index (χ2v) is 15.3. The molecular weight excluding hydrogens is 615 g/mol. The van der Waals surface area contributed by atoms with E-state index in [-0.39, 0.29) is 0 Å². The van der Waals surface area contributed by atoms with Crippen LogP contribution in [0, 0.1) is 0 Å². The van der Waals surface area contributed by atoms with E-state index in [4.69, 9.17) is 0 Å². The normalized spacial score (nSPS) is 12.3. The van der Waals surface area contributed by atoms with E-state index in [0.29, 0.717) is 0 Å². The van der Waals surface area contributed by atoms with Crippen molar-refractivity contribution in [3.05, 3.63) is 140 Å². The van der Waals surface area contributed by atoms with Gasteiger partial charge in [0.15, 0.2) is 0 Å². The van der Waals surface area contributed by atoms with E-state index in [0.717, 1.165) is 0 Å². The van der Waals surface area contributed by atoms with Gasteiger partial charge in [0.05, 0.1) is 11.0 Å². The predicted molar refractivity (Wildman–Crippen MR) is 205 cm³/mol. The number of rotatable bonds is 2. The van der Waals surface area contributed by atoms with Gasteiger partial charge in [0.1, 0.15) is 0 Å². The van der Waals surface area contributed by atoms with E-state index in [1.165, 1.54) is 99.1 Å². The molecule has 4 aromatic heterocycles. The SMILES string of the molecule is c1ccc2c(c1)sc1ccc(-c3ccc4sc5cc(-n6c7ccccc7c7ccc8sc9ccccc9c8c76)ccc5c4c3)cc12. The molecule has 4 heteroatoms. The summed E-state index contributed by atoms with van der Waals surface area (Å²) >= 11 is 5.65. The largest absolute Gasteiger partial charge is 0.309 e. The molecule has 0 aliphatic heterocycles. The Hall–Kier alpha value is -5.00. The van der Waals surface area contributed by atoms with Crippen LogP contribution < -0.4 is 0 Å². The highest BCUT2D eigenvalue weighted by molar-refractivity contribution is 7.26. The van der Waals surface area contributed by atoms with Gasteiger partial charge < -0.3 is 4.57 Å². The summed E-state index contributed by atoms with van der Waals surface area (Å²) in [5, 5.41) is 10.6. The van der Waals surface area contributed by atoms with Crippen LogP contribution in [0.2, 0.25) is 0 Å². The second kappa shape index (κ2) is 9.27. The maximum Gasteiger partial charge on any atom is 0.0634 e. The first-order valence-electron chi connectivity index (χ1n) is 15.5. The van der Waals surface area contributed by atoms with Crippen molar-refractivity contribution in [3.63, 3.8) is 0 Å². The molecule has 0 unspecified atom stereocenters. The number of hydrogen-bond acceptors (Lipinski definition) is 3. The lowest BCUT2D eigenvalue weighted by atomic mass is 10.0. The van der Waals surface area contributed by atoms with Crippen molar-refractivity contribution in [2.75, 3.05) is 0 Å². The van der Waals surface area contributed by atoms with Gasteiger partial charge in [-0.25, -0.2) is 0 Å². The Morgan fingerprint density at radius 2 is 0.891 bits per heavy atom. The summed E-state index contributed by atoms with van der Waals surface area (Å²) in [6.45, 7) is 0. The molecule has 0 atom stereocenters. The topological polar surface area (TPSA) is 4.93 Å². The van der Waals surface area contributed by atoms with Crippen LogP contribution in [0.3, 0.4) is 0 Å². The average molecular weight is 638 g/mol. The van der Waals surface area contributed by atoms with Gasteiger partial charge in [-0.1, -0.05) is 78.9 Å². The maximum atomic E-state index is 2.50. The van der Waals surface area contributed by atoms with Gasteiger partial charge in [-0.15, -0.1) is 34.0 Å². The third-order valence-electron chi connectivity index (χ3n) is 9.60. The molecule has 0 saturated heterocycles. The lowest BCUT2D eigenvalue weighted by Gasteiger charge is -2.09. The summed E-state index contributed by atoms with van der Waals surface area (Å²) in [6.07, 6.45) is 0. The third kappa shape index (κ3) is 3.44. The molecule has 0 fully saturated rings. The highest BCUT2D eigenvalue weighted by atomic mass is 32.1. The summed E-state index contributed by atoms with van der Waals surface area (Å²) < 4.78 is 10.5. The lowest BCUT2D eigenvalue weighted by molar-refractivity contribution is 1.19. The smallest absolute Gasteiger partial charge is 0.0634 e. The number of fused-ring (bicyclic) bond motifs is 13. The fraction of sp³-hybridized carbons (Fsp3) is 0. The first-order valence-corrected chi connectivity index (χ1v) is 18.0. The minimum Gasteiger partial charge on any atom is -0.309 e. The monoisotopic (exact) mass is 637 g/mol. The van der Waals surface area contributed by atoms with E-state index in [9.17, 15) is 0 Å². The van der Waals surface area contributed by atoms with Gasteiger partial charge in [0.25, 0.3) is 0 Å². The average Bonchev–Trinajstić information content (AvgIpc) is 3.85. The van der Waals surface area contributed by atoms with Crippen LogP contribution >= 0.6 is 34.0 Å². The van der Waals surface area contributed by atoms with Crippen molar-refractivity contribution in [3.8, 4) is 16.8 Å². The Kier molecular flexibility index (Phi) is 5.08. The fourth-order valence-electron chi connectivity index (χ4n) is 7.52. The number of para-hydroxylation sites is 1. The van der Waals surface area contributed by atoms with E-state index in [2.05, 4.69) is 144 Å². The quantitative estimate of drug-likeness (QED) is 0.178. The molecule has 0 N–H and O–H groups in total. The minimum atomic E-state index is 1.21. The minimum absolute atomic E-state index is 1.21. The van der Waals surface area contributed by atoms with Crippen LogP contribution in [0.1, 0.15) is 0 Å². The molecule has 0 bridgehead atoms. The van der Waals surface area contributed by atoms with Gasteiger partial charge in [0, 0.05) is 77.0 Å². The highest BCUT2D eigenvalue weighted by Gasteiger charge is 2.19. The summed E-state index contributed by atoms with van der Waals surface area (Å²) in [6, 6.07) is 52.1. The van der Waals surface area contributed by atoms with Crippen LogP contribution in [0.5, 0.6) is 0 Å². The van der Waals surface area contributed by atoms with Crippen LogP contribution in [-0.2, 0) is 0 Å². The highest BCUT2D eigenvalue weighted by Crippen LogP contribution is 2.44. The van der Waals surface area contributed by atoms with Gasteiger partial charge in [0.2, 0.25) is 0 Å². The Labute approximate surface area is 275 Å². The maximum absolute atomic E-state index is 2.50. The molecule has 11 aromatic rings. The van der Waals surface area contributed by atoms with Crippen molar-refractivity contribution < 1.29 is 0 Å². The molecule has 214 valence electrons. The molecule has 0 amide bonds. The van der Waals surface area contributed by atoms with Gasteiger partial charge in [-0.2, -0.15) is 0 Å². The first kappa shape index (κ1) is 25.2. The Balaban J connectivity index is 1.13. The van der Waals surface area contributed by atoms with Gasteiger partial charge in [-0.05, 0) is 71.8 Å². The van der Waals surface area contributed by atoms with Crippen LogP contribution in [-0.4, -0.2) is 4.57 Å². The van der Waals surface area contributed by atoms with Crippen molar-refractivity contribution >= 4 is 116 Å². The number of nitrogens with zero attached hydrogens (tertiary/aromatic N) is 1.